The number of benzene rings is 2. The minimum atomic E-state index is -0.299. The normalized spacial score (nSPS) is 15.3. The highest BCUT2D eigenvalue weighted by Crippen LogP contribution is 2.25. The molecule has 1 amide bonds. The number of carbonyl (C=O) groups is 1. The van der Waals surface area contributed by atoms with Gasteiger partial charge in [-0.15, -0.1) is 0 Å². The number of hydrogen-bond acceptors (Lipinski definition) is 5. The first kappa shape index (κ1) is 22.1. The number of nitrogens with zero attached hydrogens (tertiary/aromatic N) is 3. The van der Waals surface area contributed by atoms with Gasteiger partial charge >= 0.3 is 0 Å². The van der Waals surface area contributed by atoms with Gasteiger partial charge < -0.3 is 9.73 Å². The third-order valence-corrected chi connectivity index (χ3v) is 6.42. The van der Waals surface area contributed by atoms with Crippen molar-refractivity contribution in [3.63, 3.8) is 0 Å². The molecule has 2 aromatic heterocycles. The van der Waals surface area contributed by atoms with Crippen molar-refractivity contribution < 1.29 is 9.21 Å². The molecule has 0 bridgehead atoms. The van der Waals surface area contributed by atoms with Gasteiger partial charge in [-0.25, -0.2) is 4.68 Å². The Labute approximate surface area is 198 Å². The van der Waals surface area contributed by atoms with Gasteiger partial charge in [-0.2, -0.15) is 5.10 Å². The van der Waals surface area contributed by atoms with Crippen LogP contribution >= 0.6 is 0 Å². The summed E-state index contributed by atoms with van der Waals surface area (Å²) in [4.78, 5) is 28.8. The van der Waals surface area contributed by atoms with E-state index in [1.807, 2.05) is 54.6 Å². The molecule has 1 N–H and O–H groups in total. The van der Waals surface area contributed by atoms with Crippen molar-refractivity contribution in [1.82, 2.24) is 20.0 Å². The van der Waals surface area contributed by atoms with Crippen molar-refractivity contribution in [3.8, 4) is 0 Å². The molecule has 174 valence electrons. The molecule has 1 atom stereocenters. The van der Waals surface area contributed by atoms with Gasteiger partial charge in [0.2, 0.25) is 0 Å². The number of furan rings is 1. The fourth-order valence-electron chi connectivity index (χ4n) is 4.66. The lowest BCUT2D eigenvalue weighted by Crippen LogP contribution is -2.41. The van der Waals surface area contributed by atoms with Gasteiger partial charge in [0.15, 0.2) is 5.69 Å². The van der Waals surface area contributed by atoms with Gasteiger partial charge in [0.1, 0.15) is 5.76 Å². The molecular weight excluding hydrogens is 428 g/mol. The van der Waals surface area contributed by atoms with E-state index in [-0.39, 0.29) is 23.2 Å². The summed E-state index contributed by atoms with van der Waals surface area (Å²) < 4.78 is 7.08. The van der Waals surface area contributed by atoms with Crippen LogP contribution in [0.1, 0.15) is 47.1 Å². The molecular formula is C27H28N4O3. The average Bonchev–Trinajstić information content (AvgIpc) is 3.42. The molecule has 2 aromatic carbocycles. The van der Waals surface area contributed by atoms with Gasteiger partial charge in [0.25, 0.3) is 11.5 Å². The highest BCUT2D eigenvalue weighted by atomic mass is 16.3. The highest BCUT2D eigenvalue weighted by Gasteiger charge is 2.26. The Kier molecular flexibility index (Phi) is 6.53. The number of carbonyl (C=O) groups excluding carboxylic acids is 1. The molecule has 1 fully saturated rings. The summed E-state index contributed by atoms with van der Waals surface area (Å²) in [5, 5.41) is 8.61. The predicted octanol–water partition coefficient (Wildman–Crippen LogP) is 3.99. The Morgan fingerprint density at radius 1 is 0.941 bits per heavy atom. The fraction of sp³-hybridized carbons (Fsp3) is 0.296. The van der Waals surface area contributed by atoms with Crippen LogP contribution in [0.3, 0.4) is 0 Å². The third kappa shape index (κ3) is 4.65. The summed E-state index contributed by atoms with van der Waals surface area (Å²) in [7, 11) is 0. The molecule has 7 heteroatoms. The van der Waals surface area contributed by atoms with Gasteiger partial charge in [-0.3, -0.25) is 14.5 Å². The summed E-state index contributed by atoms with van der Waals surface area (Å²) in [5.41, 5.74) is 0.988. The molecule has 1 aliphatic heterocycles. The van der Waals surface area contributed by atoms with Crippen LogP contribution in [0.2, 0.25) is 0 Å². The molecule has 1 aliphatic rings. The lowest BCUT2D eigenvalue weighted by Gasteiger charge is -2.33. The number of aromatic nitrogens is 2. The van der Waals surface area contributed by atoms with E-state index >= 15 is 0 Å². The number of likely N-dealkylation sites (tertiary alicyclic amines) is 1. The molecule has 0 radical (unpaired) electrons. The molecule has 0 saturated carbocycles. The first-order chi connectivity index (χ1) is 16.7. The second-order valence-corrected chi connectivity index (χ2v) is 8.68. The first-order valence-corrected chi connectivity index (χ1v) is 11.8. The van der Waals surface area contributed by atoms with Crippen molar-refractivity contribution in [2.75, 3.05) is 19.6 Å². The number of fused-ring (bicyclic) bond motifs is 1. The molecule has 1 unspecified atom stereocenters. The topological polar surface area (TPSA) is 80.4 Å². The van der Waals surface area contributed by atoms with Gasteiger partial charge in [-0.05, 0) is 49.7 Å². The van der Waals surface area contributed by atoms with E-state index in [1.165, 1.54) is 11.1 Å². The Balaban J connectivity index is 1.44. The zero-order chi connectivity index (χ0) is 23.3. The summed E-state index contributed by atoms with van der Waals surface area (Å²) in [6, 6.07) is 20.6. The number of amides is 1. The van der Waals surface area contributed by atoms with Gasteiger partial charge in [-0.1, -0.05) is 55.0 Å². The third-order valence-electron chi connectivity index (χ3n) is 6.42. The number of hydrogen-bond donors (Lipinski definition) is 1. The van der Waals surface area contributed by atoms with Crippen LogP contribution in [0.4, 0.5) is 0 Å². The molecule has 1 saturated heterocycles. The number of piperidine rings is 1. The highest BCUT2D eigenvalue weighted by molar-refractivity contribution is 6.04. The van der Waals surface area contributed by atoms with Crippen LogP contribution in [-0.2, 0) is 6.54 Å². The summed E-state index contributed by atoms with van der Waals surface area (Å²) >= 11 is 0. The van der Waals surface area contributed by atoms with E-state index < -0.39 is 0 Å². The number of rotatable bonds is 7. The minimum absolute atomic E-state index is 0.0410. The van der Waals surface area contributed by atoms with Crippen LogP contribution in [0.15, 0.2) is 82.2 Å². The van der Waals surface area contributed by atoms with Gasteiger partial charge in [0.05, 0.1) is 24.2 Å². The van der Waals surface area contributed by atoms with E-state index in [2.05, 4.69) is 15.3 Å². The summed E-state index contributed by atoms with van der Waals surface area (Å²) in [6.07, 6.45) is 5.18. The number of nitrogens with one attached hydrogen (secondary N) is 1. The van der Waals surface area contributed by atoms with Crippen LogP contribution in [0, 0.1) is 0 Å². The summed E-state index contributed by atoms with van der Waals surface area (Å²) in [5.74, 6) is 0.542. The SMILES string of the molecule is O=C(NCC(c1ccco1)N1CCCCC1)c1nn(Cc2ccccc2)c(=O)c2ccccc12. The molecule has 34 heavy (non-hydrogen) atoms. The maximum absolute atomic E-state index is 13.4. The zero-order valence-corrected chi connectivity index (χ0v) is 19.0. The van der Waals surface area contributed by atoms with Crippen molar-refractivity contribution >= 4 is 16.7 Å². The van der Waals surface area contributed by atoms with Crippen LogP contribution in [0.25, 0.3) is 10.8 Å². The maximum atomic E-state index is 13.4. The molecule has 3 heterocycles. The van der Waals surface area contributed by atoms with E-state index in [0.717, 1.165) is 37.3 Å². The Morgan fingerprint density at radius 2 is 1.68 bits per heavy atom. The molecule has 7 nitrogen and oxygen atoms in total. The van der Waals surface area contributed by atoms with E-state index in [0.29, 0.717) is 23.9 Å². The quantitative estimate of drug-likeness (QED) is 0.455. The first-order valence-electron chi connectivity index (χ1n) is 11.8. The van der Waals surface area contributed by atoms with Crippen LogP contribution < -0.4 is 10.9 Å². The lowest BCUT2D eigenvalue weighted by molar-refractivity contribution is 0.0909. The second-order valence-electron chi connectivity index (χ2n) is 8.68. The fourth-order valence-corrected chi connectivity index (χ4v) is 4.66. The molecule has 5 rings (SSSR count). The minimum Gasteiger partial charge on any atom is -0.468 e. The van der Waals surface area contributed by atoms with Gasteiger partial charge in [0, 0.05) is 11.9 Å². The van der Waals surface area contributed by atoms with Crippen LogP contribution in [0.5, 0.6) is 0 Å². The lowest BCUT2D eigenvalue weighted by atomic mass is 10.1. The van der Waals surface area contributed by atoms with Crippen molar-refractivity contribution in [2.24, 2.45) is 0 Å². The van der Waals surface area contributed by atoms with Crippen molar-refractivity contribution in [2.45, 2.75) is 31.8 Å². The van der Waals surface area contributed by atoms with Crippen molar-refractivity contribution in [3.05, 3.63) is 100 Å². The zero-order valence-electron chi connectivity index (χ0n) is 19.0. The Hall–Kier alpha value is -3.71. The van der Waals surface area contributed by atoms with E-state index in [1.54, 1.807) is 18.4 Å². The maximum Gasteiger partial charge on any atom is 0.274 e. The average molecular weight is 457 g/mol. The van der Waals surface area contributed by atoms with Crippen molar-refractivity contribution in [1.29, 1.82) is 0 Å². The van der Waals surface area contributed by atoms with E-state index in [9.17, 15) is 9.59 Å². The molecule has 0 aliphatic carbocycles. The Morgan fingerprint density at radius 3 is 2.41 bits per heavy atom. The smallest absolute Gasteiger partial charge is 0.274 e. The Bertz CT molecular complexity index is 1310. The molecule has 0 spiro atoms. The van der Waals surface area contributed by atoms with E-state index in [4.69, 9.17) is 4.42 Å². The van der Waals surface area contributed by atoms with Crippen LogP contribution in [-0.4, -0.2) is 40.2 Å². The monoisotopic (exact) mass is 456 g/mol. The standard InChI is InChI=1S/C27H28N4O3/c32-26(28-18-23(24-14-9-17-34-24)30-15-7-2-8-16-30)25-21-12-5-6-13-22(21)27(33)31(29-25)19-20-10-3-1-4-11-20/h1,3-6,9-14,17,23H,2,7-8,15-16,18-19H2,(H,28,32). The second kappa shape index (κ2) is 10.1. The predicted molar refractivity (Wildman–Crippen MR) is 131 cm³/mol. The summed E-state index contributed by atoms with van der Waals surface area (Å²) in [6.45, 7) is 2.66. The molecule has 4 aromatic rings. The largest absolute Gasteiger partial charge is 0.468 e.